The number of rotatable bonds is 4. The number of nitrogens with one attached hydrogen (secondary N) is 2. The van der Waals surface area contributed by atoms with Gasteiger partial charge in [-0.2, -0.15) is 0 Å². The molecule has 2 aromatic carbocycles. The highest BCUT2D eigenvalue weighted by molar-refractivity contribution is 7.17. The first kappa shape index (κ1) is 16.5. The van der Waals surface area contributed by atoms with Gasteiger partial charge in [-0.3, -0.25) is 4.79 Å². The molecule has 0 spiro atoms. The van der Waals surface area contributed by atoms with Crippen LogP contribution in [0.1, 0.15) is 20.9 Å². The van der Waals surface area contributed by atoms with E-state index in [1.165, 1.54) is 11.3 Å². The molecule has 0 saturated heterocycles. The lowest BCUT2D eigenvalue weighted by Gasteiger charge is -2.04. The molecular formula is C18H16ClN3OS. The number of aromatic nitrogens is 1. The summed E-state index contributed by atoms with van der Waals surface area (Å²) >= 11 is 7.18. The Morgan fingerprint density at radius 2 is 1.83 bits per heavy atom. The molecule has 1 heterocycles. The van der Waals surface area contributed by atoms with E-state index in [1.807, 2.05) is 38.1 Å². The molecule has 1 aromatic heterocycles. The molecule has 0 unspecified atom stereocenters. The number of benzene rings is 2. The number of hydrogen-bond donors (Lipinski definition) is 2. The Hall–Kier alpha value is -2.37. The van der Waals surface area contributed by atoms with Crippen LogP contribution in [0.4, 0.5) is 16.5 Å². The number of anilines is 3. The third kappa shape index (κ3) is 3.93. The van der Waals surface area contributed by atoms with E-state index < -0.39 is 0 Å². The van der Waals surface area contributed by atoms with Gasteiger partial charge in [0.1, 0.15) is 4.88 Å². The molecule has 0 aliphatic heterocycles. The number of halogens is 1. The predicted molar refractivity (Wildman–Crippen MR) is 101 cm³/mol. The first-order valence-corrected chi connectivity index (χ1v) is 8.59. The summed E-state index contributed by atoms with van der Waals surface area (Å²) in [6.07, 6.45) is 0. The number of aryl methyl sites for hydroxylation is 2. The van der Waals surface area contributed by atoms with Crippen LogP contribution in [0.2, 0.25) is 5.02 Å². The van der Waals surface area contributed by atoms with Gasteiger partial charge in [0, 0.05) is 16.4 Å². The molecule has 0 radical (unpaired) electrons. The molecule has 0 saturated carbocycles. The van der Waals surface area contributed by atoms with Gasteiger partial charge in [0.15, 0.2) is 5.13 Å². The topological polar surface area (TPSA) is 54.0 Å². The summed E-state index contributed by atoms with van der Waals surface area (Å²) in [7, 11) is 0. The molecule has 3 aromatic rings. The molecule has 3 rings (SSSR count). The monoisotopic (exact) mass is 357 g/mol. The van der Waals surface area contributed by atoms with E-state index in [4.69, 9.17) is 11.6 Å². The Kier molecular flexibility index (Phi) is 4.83. The number of hydrogen-bond acceptors (Lipinski definition) is 4. The van der Waals surface area contributed by atoms with Gasteiger partial charge in [-0.25, -0.2) is 4.98 Å². The highest BCUT2D eigenvalue weighted by atomic mass is 35.5. The van der Waals surface area contributed by atoms with E-state index in [1.54, 1.807) is 24.3 Å². The molecule has 6 heteroatoms. The van der Waals surface area contributed by atoms with Gasteiger partial charge in [-0.05, 0) is 55.8 Å². The van der Waals surface area contributed by atoms with Gasteiger partial charge in [-0.1, -0.05) is 35.1 Å². The van der Waals surface area contributed by atoms with E-state index in [-0.39, 0.29) is 5.91 Å². The first-order valence-electron chi connectivity index (χ1n) is 7.39. The molecular weight excluding hydrogens is 342 g/mol. The van der Waals surface area contributed by atoms with E-state index in [2.05, 4.69) is 15.6 Å². The number of nitrogens with zero attached hydrogens (tertiary/aromatic N) is 1. The van der Waals surface area contributed by atoms with Gasteiger partial charge >= 0.3 is 0 Å². The van der Waals surface area contributed by atoms with Crippen molar-refractivity contribution in [2.45, 2.75) is 13.8 Å². The second-order valence-corrected chi connectivity index (χ2v) is 6.82. The minimum Gasteiger partial charge on any atom is -0.332 e. The average molecular weight is 358 g/mol. The smallest absolute Gasteiger partial charge is 0.267 e. The average Bonchev–Trinajstić information content (AvgIpc) is 2.90. The Balaban J connectivity index is 1.75. The highest BCUT2D eigenvalue weighted by Crippen LogP contribution is 2.27. The summed E-state index contributed by atoms with van der Waals surface area (Å²) in [6.45, 7) is 3.86. The van der Waals surface area contributed by atoms with Crippen LogP contribution in [-0.2, 0) is 0 Å². The zero-order valence-electron chi connectivity index (χ0n) is 13.3. The van der Waals surface area contributed by atoms with Crippen LogP contribution in [0.25, 0.3) is 0 Å². The second kappa shape index (κ2) is 7.03. The minimum atomic E-state index is -0.176. The summed E-state index contributed by atoms with van der Waals surface area (Å²) in [6, 6.07) is 15.0. The van der Waals surface area contributed by atoms with Crippen LogP contribution in [0, 0.1) is 13.8 Å². The zero-order valence-corrected chi connectivity index (χ0v) is 14.8. The standard InChI is InChI=1S/C18H16ClN3OS/c1-11-4-3-5-15(10-11)22-18-20-12(2)16(24-18)17(23)21-14-8-6-13(19)7-9-14/h3-10H,1-2H3,(H,20,22)(H,21,23). The molecule has 122 valence electrons. The second-order valence-electron chi connectivity index (χ2n) is 5.39. The Bertz CT molecular complexity index is 874. The summed E-state index contributed by atoms with van der Waals surface area (Å²) in [4.78, 5) is 17.5. The van der Waals surface area contributed by atoms with E-state index >= 15 is 0 Å². The van der Waals surface area contributed by atoms with Gasteiger partial charge in [0.05, 0.1) is 5.69 Å². The number of carbonyl (C=O) groups is 1. The number of thiazole rings is 1. The van der Waals surface area contributed by atoms with Crippen molar-refractivity contribution < 1.29 is 4.79 Å². The molecule has 0 atom stereocenters. The summed E-state index contributed by atoms with van der Waals surface area (Å²) in [5, 5.41) is 7.42. The van der Waals surface area contributed by atoms with E-state index in [9.17, 15) is 4.79 Å². The molecule has 4 nitrogen and oxygen atoms in total. The lowest BCUT2D eigenvalue weighted by Crippen LogP contribution is -2.11. The van der Waals surface area contributed by atoms with Crippen LogP contribution in [-0.4, -0.2) is 10.9 Å². The predicted octanol–water partition coefficient (Wildman–Crippen LogP) is 5.41. The van der Waals surface area contributed by atoms with Gasteiger partial charge in [0.2, 0.25) is 0 Å². The van der Waals surface area contributed by atoms with Gasteiger partial charge in [0.25, 0.3) is 5.91 Å². The maximum Gasteiger partial charge on any atom is 0.267 e. The Morgan fingerprint density at radius 3 is 2.54 bits per heavy atom. The van der Waals surface area contributed by atoms with Crippen molar-refractivity contribution >= 4 is 45.4 Å². The summed E-state index contributed by atoms with van der Waals surface area (Å²) in [5.74, 6) is -0.176. The fourth-order valence-corrected chi connectivity index (χ4v) is 3.24. The van der Waals surface area contributed by atoms with E-state index in [0.29, 0.717) is 26.4 Å². The van der Waals surface area contributed by atoms with Crippen molar-refractivity contribution in [1.29, 1.82) is 0 Å². The summed E-state index contributed by atoms with van der Waals surface area (Å²) < 4.78 is 0. The van der Waals surface area contributed by atoms with Crippen molar-refractivity contribution in [3.8, 4) is 0 Å². The van der Waals surface area contributed by atoms with Crippen LogP contribution in [0.5, 0.6) is 0 Å². The molecule has 0 aliphatic rings. The van der Waals surface area contributed by atoms with Crippen LogP contribution >= 0.6 is 22.9 Å². The quantitative estimate of drug-likeness (QED) is 0.656. The fraction of sp³-hybridized carbons (Fsp3) is 0.111. The maximum absolute atomic E-state index is 12.4. The normalized spacial score (nSPS) is 10.5. The SMILES string of the molecule is Cc1cccc(Nc2nc(C)c(C(=O)Nc3ccc(Cl)cc3)s2)c1. The summed E-state index contributed by atoms with van der Waals surface area (Å²) in [5.41, 5.74) is 3.51. The zero-order chi connectivity index (χ0) is 17.1. The van der Waals surface area contributed by atoms with Crippen LogP contribution in [0.15, 0.2) is 48.5 Å². The minimum absolute atomic E-state index is 0.176. The van der Waals surface area contributed by atoms with E-state index in [0.717, 1.165) is 11.3 Å². The molecule has 2 N–H and O–H groups in total. The van der Waals surface area contributed by atoms with Crippen LogP contribution in [0.3, 0.4) is 0 Å². The molecule has 0 aliphatic carbocycles. The third-order valence-corrected chi connectivity index (χ3v) is 4.70. The van der Waals surface area contributed by atoms with Crippen molar-refractivity contribution in [2.24, 2.45) is 0 Å². The van der Waals surface area contributed by atoms with Crippen LogP contribution < -0.4 is 10.6 Å². The van der Waals surface area contributed by atoms with Crippen molar-refractivity contribution in [3.05, 3.63) is 69.7 Å². The van der Waals surface area contributed by atoms with Crippen molar-refractivity contribution in [2.75, 3.05) is 10.6 Å². The molecule has 0 bridgehead atoms. The maximum atomic E-state index is 12.4. The van der Waals surface area contributed by atoms with Gasteiger partial charge in [-0.15, -0.1) is 0 Å². The lowest BCUT2D eigenvalue weighted by atomic mass is 10.2. The Labute approximate surface area is 149 Å². The largest absolute Gasteiger partial charge is 0.332 e. The van der Waals surface area contributed by atoms with Gasteiger partial charge < -0.3 is 10.6 Å². The first-order chi connectivity index (χ1) is 11.5. The van der Waals surface area contributed by atoms with Crippen molar-refractivity contribution in [1.82, 2.24) is 4.98 Å². The van der Waals surface area contributed by atoms with Crippen molar-refractivity contribution in [3.63, 3.8) is 0 Å². The molecule has 0 fully saturated rings. The Morgan fingerprint density at radius 1 is 1.08 bits per heavy atom. The number of amides is 1. The lowest BCUT2D eigenvalue weighted by molar-refractivity contribution is 0.103. The fourth-order valence-electron chi connectivity index (χ4n) is 2.23. The third-order valence-electron chi connectivity index (χ3n) is 3.37. The number of carbonyl (C=O) groups excluding carboxylic acids is 1. The molecule has 24 heavy (non-hydrogen) atoms. The molecule has 1 amide bonds. The highest BCUT2D eigenvalue weighted by Gasteiger charge is 2.15.